The van der Waals surface area contributed by atoms with Crippen molar-refractivity contribution < 1.29 is 9.90 Å². The van der Waals surface area contributed by atoms with Crippen molar-refractivity contribution >= 4 is 17.6 Å². The van der Waals surface area contributed by atoms with Gasteiger partial charge in [0.1, 0.15) is 11.5 Å². The first-order valence-corrected chi connectivity index (χ1v) is 6.12. The third-order valence-corrected chi connectivity index (χ3v) is 2.96. The lowest BCUT2D eigenvalue weighted by atomic mass is 9.96. The summed E-state index contributed by atoms with van der Waals surface area (Å²) in [6.07, 6.45) is 3.02. The van der Waals surface area contributed by atoms with E-state index in [9.17, 15) is 9.90 Å². The summed E-state index contributed by atoms with van der Waals surface area (Å²) >= 11 is 6.05. The number of H-pyrrole nitrogens is 1. The molecular weight excluding hydrogens is 266 g/mol. The number of imidazole rings is 1. The number of aromatic nitrogens is 3. The topological polar surface area (TPSA) is 78.9 Å². The van der Waals surface area contributed by atoms with E-state index < -0.39 is 5.97 Å². The lowest BCUT2D eigenvalue weighted by Crippen LogP contribution is -2.13. The highest BCUT2D eigenvalue weighted by atomic mass is 35.5. The number of rotatable bonds is 2. The maximum absolute atomic E-state index is 11.3. The van der Waals surface area contributed by atoms with E-state index in [-0.39, 0.29) is 11.1 Å². The van der Waals surface area contributed by atoms with Crippen LogP contribution < -0.4 is 0 Å². The molecule has 2 N–H and O–H groups in total. The number of hydrogen-bond acceptors (Lipinski definition) is 3. The van der Waals surface area contributed by atoms with Crippen LogP contribution in [0.1, 0.15) is 37.1 Å². The Labute approximate surface area is 115 Å². The lowest BCUT2D eigenvalue weighted by Gasteiger charge is -2.13. The molecule has 2 aromatic rings. The Hall–Kier alpha value is -1.88. The quantitative estimate of drug-likeness (QED) is 0.885. The van der Waals surface area contributed by atoms with E-state index in [1.807, 2.05) is 20.8 Å². The summed E-state index contributed by atoms with van der Waals surface area (Å²) in [6.45, 7) is 5.86. The van der Waals surface area contributed by atoms with E-state index in [4.69, 9.17) is 11.6 Å². The van der Waals surface area contributed by atoms with Gasteiger partial charge in [0.15, 0.2) is 5.69 Å². The first kappa shape index (κ1) is 13.5. The molecule has 2 heterocycles. The molecule has 0 saturated carbocycles. The molecule has 0 spiro atoms. The fraction of sp³-hybridized carbons (Fsp3) is 0.308. The number of halogens is 1. The molecular formula is C13H14ClN3O2. The molecule has 0 bridgehead atoms. The fourth-order valence-corrected chi connectivity index (χ4v) is 1.85. The highest BCUT2D eigenvalue weighted by molar-refractivity contribution is 6.33. The number of carbonyl (C=O) groups is 1. The van der Waals surface area contributed by atoms with Crippen molar-refractivity contribution in [2.24, 2.45) is 0 Å². The summed E-state index contributed by atoms with van der Waals surface area (Å²) in [4.78, 5) is 22.4. The molecule has 0 atom stereocenters. The molecule has 19 heavy (non-hydrogen) atoms. The fourth-order valence-electron chi connectivity index (χ4n) is 1.65. The zero-order valence-electron chi connectivity index (χ0n) is 10.9. The number of pyridine rings is 1. The molecule has 0 aliphatic rings. The van der Waals surface area contributed by atoms with Gasteiger partial charge < -0.3 is 10.1 Å². The van der Waals surface area contributed by atoms with Crippen molar-refractivity contribution in [1.29, 1.82) is 0 Å². The number of aromatic carboxylic acids is 1. The van der Waals surface area contributed by atoms with Crippen molar-refractivity contribution in [3.05, 3.63) is 35.0 Å². The van der Waals surface area contributed by atoms with Crippen LogP contribution in [0.15, 0.2) is 18.5 Å². The lowest BCUT2D eigenvalue weighted by molar-refractivity contribution is 0.0692. The standard InChI is InChI=1S/C13H14ClN3O2/c1-13(2,3)12-16-9(10(17-12)11(18)19)7-4-5-15-6-8(7)14/h4-6H,1-3H3,(H,16,17)(H,18,19). The van der Waals surface area contributed by atoms with Crippen LogP contribution in [0, 0.1) is 0 Å². The maximum atomic E-state index is 11.3. The van der Waals surface area contributed by atoms with Gasteiger partial charge in [0.05, 0.1) is 5.02 Å². The van der Waals surface area contributed by atoms with Gasteiger partial charge >= 0.3 is 5.97 Å². The zero-order chi connectivity index (χ0) is 14.2. The molecule has 6 heteroatoms. The normalized spacial score (nSPS) is 11.6. The van der Waals surface area contributed by atoms with Gasteiger partial charge in [0, 0.05) is 23.4 Å². The smallest absolute Gasteiger partial charge is 0.354 e. The van der Waals surface area contributed by atoms with Crippen molar-refractivity contribution in [2.75, 3.05) is 0 Å². The molecule has 0 aliphatic carbocycles. The predicted molar refractivity (Wildman–Crippen MR) is 72.5 cm³/mol. The second kappa shape index (κ2) is 4.66. The Bertz CT molecular complexity index is 629. The van der Waals surface area contributed by atoms with Crippen LogP contribution in [0.4, 0.5) is 0 Å². The van der Waals surface area contributed by atoms with Crippen molar-refractivity contribution in [1.82, 2.24) is 15.0 Å². The van der Waals surface area contributed by atoms with Crippen molar-refractivity contribution in [3.8, 4) is 11.3 Å². The molecule has 2 aromatic heterocycles. The Morgan fingerprint density at radius 1 is 1.42 bits per heavy atom. The molecule has 0 saturated heterocycles. The van der Waals surface area contributed by atoms with Crippen LogP contribution in [-0.4, -0.2) is 26.0 Å². The van der Waals surface area contributed by atoms with E-state index in [1.165, 1.54) is 6.20 Å². The van der Waals surface area contributed by atoms with E-state index in [0.29, 0.717) is 22.1 Å². The second-order valence-electron chi connectivity index (χ2n) is 5.22. The largest absolute Gasteiger partial charge is 0.477 e. The summed E-state index contributed by atoms with van der Waals surface area (Å²) in [5.74, 6) is -0.460. The third kappa shape index (κ3) is 2.61. The van der Waals surface area contributed by atoms with Gasteiger partial charge in [-0.2, -0.15) is 0 Å². The van der Waals surface area contributed by atoms with Crippen LogP contribution in [0.2, 0.25) is 5.02 Å². The van der Waals surface area contributed by atoms with Gasteiger partial charge in [-0.1, -0.05) is 32.4 Å². The van der Waals surface area contributed by atoms with Crippen LogP contribution in [0.5, 0.6) is 0 Å². The third-order valence-electron chi connectivity index (χ3n) is 2.66. The molecule has 0 fully saturated rings. The van der Waals surface area contributed by atoms with Gasteiger partial charge in [-0.3, -0.25) is 4.98 Å². The minimum atomic E-state index is -1.06. The average molecular weight is 280 g/mol. The van der Waals surface area contributed by atoms with Gasteiger partial charge in [-0.25, -0.2) is 9.78 Å². The number of hydrogen-bond donors (Lipinski definition) is 2. The number of carboxylic acids is 1. The summed E-state index contributed by atoms with van der Waals surface area (Å²) in [7, 11) is 0. The monoisotopic (exact) mass is 279 g/mol. The van der Waals surface area contributed by atoms with Gasteiger partial charge in [0.2, 0.25) is 0 Å². The summed E-state index contributed by atoms with van der Waals surface area (Å²) in [5.41, 5.74) is 0.658. The van der Waals surface area contributed by atoms with Gasteiger partial charge in [0.25, 0.3) is 0 Å². The molecule has 0 aliphatic heterocycles. The van der Waals surface area contributed by atoms with Crippen LogP contribution in [0.3, 0.4) is 0 Å². The van der Waals surface area contributed by atoms with Crippen LogP contribution in [-0.2, 0) is 5.41 Å². The van der Waals surface area contributed by atoms with Crippen LogP contribution >= 0.6 is 11.6 Å². The minimum absolute atomic E-state index is 0.0398. The predicted octanol–water partition coefficient (Wildman–Crippen LogP) is 3.12. The Morgan fingerprint density at radius 2 is 2.11 bits per heavy atom. The summed E-state index contributed by atoms with van der Waals surface area (Å²) in [5, 5.41) is 9.64. The number of aromatic amines is 1. The number of nitrogens with zero attached hydrogens (tertiary/aromatic N) is 2. The second-order valence-corrected chi connectivity index (χ2v) is 5.63. The molecule has 0 radical (unpaired) electrons. The van der Waals surface area contributed by atoms with E-state index in [1.54, 1.807) is 12.3 Å². The molecule has 0 unspecified atom stereocenters. The first-order chi connectivity index (χ1) is 8.80. The van der Waals surface area contributed by atoms with Crippen molar-refractivity contribution in [2.45, 2.75) is 26.2 Å². The molecule has 5 nitrogen and oxygen atoms in total. The highest BCUT2D eigenvalue weighted by Gasteiger charge is 2.25. The Kier molecular flexibility index (Phi) is 3.32. The van der Waals surface area contributed by atoms with Crippen molar-refractivity contribution in [3.63, 3.8) is 0 Å². The van der Waals surface area contributed by atoms with Crippen LogP contribution in [0.25, 0.3) is 11.3 Å². The molecule has 0 aromatic carbocycles. The summed E-state index contributed by atoms with van der Waals surface area (Å²) in [6, 6.07) is 1.65. The van der Waals surface area contributed by atoms with Gasteiger partial charge in [-0.15, -0.1) is 0 Å². The van der Waals surface area contributed by atoms with E-state index in [2.05, 4.69) is 15.0 Å². The minimum Gasteiger partial charge on any atom is -0.477 e. The maximum Gasteiger partial charge on any atom is 0.354 e. The summed E-state index contributed by atoms with van der Waals surface area (Å²) < 4.78 is 0. The number of nitrogens with one attached hydrogen (secondary N) is 1. The molecule has 0 amide bonds. The van der Waals surface area contributed by atoms with Gasteiger partial charge in [-0.05, 0) is 6.07 Å². The molecule has 2 rings (SSSR count). The van der Waals surface area contributed by atoms with E-state index in [0.717, 1.165) is 0 Å². The Balaban J connectivity index is 2.66. The first-order valence-electron chi connectivity index (χ1n) is 5.74. The zero-order valence-corrected chi connectivity index (χ0v) is 11.6. The van der Waals surface area contributed by atoms with E-state index >= 15 is 0 Å². The highest BCUT2D eigenvalue weighted by Crippen LogP contribution is 2.31. The average Bonchev–Trinajstić information content (AvgIpc) is 2.74. The molecule has 100 valence electrons. The number of carboxylic acid groups (broad SMARTS) is 1. The SMILES string of the molecule is CC(C)(C)c1nc(-c2ccncc2Cl)c(C(=O)O)[nH]1. The Morgan fingerprint density at radius 3 is 2.63 bits per heavy atom.